The number of rotatable bonds is 6. The normalized spacial score (nSPS) is 20.2. The lowest BCUT2D eigenvalue weighted by Gasteiger charge is -2.16. The lowest BCUT2D eigenvalue weighted by atomic mass is 9.96. The molecule has 1 aromatic heterocycles. The maximum atomic E-state index is 6.20. The second-order valence-corrected chi connectivity index (χ2v) is 5.06. The van der Waals surface area contributed by atoms with Crippen LogP contribution in [-0.2, 0) is 11.2 Å². The molecule has 5 nitrogen and oxygen atoms in total. The van der Waals surface area contributed by atoms with Gasteiger partial charge in [-0.25, -0.2) is 0 Å². The summed E-state index contributed by atoms with van der Waals surface area (Å²) < 4.78 is 10.7. The van der Waals surface area contributed by atoms with Crippen LogP contribution in [0.5, 0.6) is 0 Å². The molecule has 1 saturated carbocycles. The van der Waals surface area contributed by atoms with Crippen molar-refractivity contribution in [2.45, 2.75) is 58.1 Å². The first-order valence-electron chi connectivity index (χ1n) is 6.90. The molecular weight excluding hydrogens is 230 g/mol. The fourth-order valence-corrected chi connectivity index (χ4v) is 2.59. The molecule has 0 radical (unpaired) electrons. The summed E-state index contributed by atoms with van der Waals surface area (Å²) in [6.07, 6.45) is 5.63. The third-order valence-corrected chi connectivity index (χ3v) is 3.68. The Balaban J connectivity index is 1.89. The summed E-state index contributed by atoms with van der Waals surface area (Å²) in [5, 5.41) is 3.95. The van der Waals surface area contributed by atoms with E-state index in [9.17, 15) is 0 Å². The van der Waals surface area contributed by atoms with Crippen molar-refractivity contribution in [3.05, 3.63) is 11.7 Å². The lowest BCUT2D eigenvalue weighted by Crippen LogP contribution is -2.30. The van der Waals surface area contributed by atoms with Crippen LogP contribution in [0.15, 0.2) is 4.52 Å². The second-order valence-electron chi connectivity index (χ2n) is 5.06. The Labute approximate surface area is 108 Å². The molecule has 1 heterocycles. The Morgan fingerprint density at radius 2 is 2.17 bits per heavy atom. The monoisotopic (exact) mass is 253 g/mol. The third kappa shape index (κ3) is 3.29. The highest BCUT2D eigenvalue weighted by atomic mass is 16.5. The SMILES string of the molecule is CCOC(C)c1noc(CC(N)C2CCCC2)n1. The number of hydrogen-bond donors (Lipinski definition) is 1. The molecule has 0 saturated heterocycles. The van der Waals surface area contributed by atoms with Crippen LogP contribution in [0, 0.1) is 5.92 Å². The zero-order valence-electron chi connectivity index (χ0n) is 11.3. The molecule has 1 aliphatic carbocycles. The van der Waals surface area contributed by atoms with Gasteiger partial charge in [0.15, 0.2) is 5.82 Å². The van der Waals surface area contributed by atoms with Gasteiger partial charge in [-0.3, -0.25) is 0 Å². The van der Waals surface area contributed by atoms with Gasteiger partial charge in [0.25, 0.3) is 0 Å². The van der Waals surface area contributed by atoms with Crippen LogP contribution in [0.1, 0.15) is 57.3 Å². The molecule has 2 N–H and O–H groups in total. The summed E-state index contributed by atoms with van der Waals surface area (Å²) in [5.41, 5.74) is 6.20. The molecule has 18 heavy (non-hydrogen) atoms. The topological polar surface area (TPSA) is 74.2 Å². The zero-order chi connectivity index (χ0) is 13.0. The quantitative estimate of drug-likeness (QED) is 0.841. The summed E-state index contributed by atoms with van der Waals surface area (Å²) in [4.78, 5) is 4.36. The van der Waals surface area contributed by atoms with Crippen molar-refractivity contribution in [1.29, 1.82) is 0 Å². The highest BCUT2D eigenvalue weighted by molar-refractivity contribution is 4.93. The standard InChI is InChI=1S/C13H23N3O2/c1-3-17-9(2)13-15-12(18-16-13)8-11(14)10-6-4-5-7-10/h9-11H,3-8,14H2,1-2H3. The van der Waals surface area contributed by atoms with Crippen molar-refractivity contribution in [3.8, 4) is 0 Å². The summed E-state index contributed by atoms with van der Waals surface area (Å²) in [5.74, 6) is 1.87. The van der Waals surface area contributed by atoms with Gasteiger partial charge in [0.05, 0.1) is 0 Å². The van der Waals surface area contributed by atoms with Crippen molar-refractivity contribution in [1.82, 2.24) is 10.1 Å². The van der Waals surface area contributed by atoms with E-state index in [-0.39, 0.29) is 12.1 Å². The Morgan fingerprint density at radius 3 is 2.83 bits per heavy atom. The summed E-state index contributed by atoms with van der Waals surface area (Å²) in [6.45, 7) is 4.52. The van der Waals surface area contributed by atoms with Gasteiger partial charge >= 0.3 is 0 Å². The van der Waals surface area contributed by atoms with Crippen LogP contribution in [0.25, 0.3) is 0 Å². The highest BCUT2D eigenvalue weighted by Gasteiger charge is 2.24. The van der Waals surface area contributed by atoms with Gasteiger partial charge < -0.3 is 15.0 Å². The van der Waals surface area contributed by atoms with E-state index in [0.717, 1.165) is 0 Å². The molecule has 0 bridgehead atoms. The molecule has 1 aromatic rings. The first-order chi connectivity index (χ1) is 8.70. The molecule has 1 fully saturated rings. The molecule has 0 aliphatic heterocycles. The fraction of sp³-hybridized carbons (Fsp3) is 0.846. The van der Waals surface area contributed by atoms with Crippen LogP contribution < -0.4 is 5.73 Å². The summed E-state index contributed by atoms with van der Waals surface area (Å²) in [6, 6.07) is 0.142. The number of nitrogens with two attached hydrogens (primary N) is 1. The molecule has 1 aliphatic rings. The molecule has 2 atom stereocenters. The van der Waals surface area contributed by atoms with Crippen LogP contribution in [0.3, 0.4) is 0 Å². The van der Waals surface area contributed by atoms with E-state index >= 15 is 0 Å². The Morgan fingerprint density at radius 1 is 1.44 bits per heavy atom. The molecule has 5 heteroatoms. The van der Waals surface area contributed by atoms with Crippen molar-refractivity contribution >= 4 is 0 Å². The first-order valence-corrected chi connectivity index (χ1v) is 6.90. The Hall–Kier alpha value is -0.940. The van der Waals surface area contributed by atoms with Crippen molar-refractivity contribution in [3.63, 3.8) is 0 Å². The Bertz CT molecular complexity index is 361. The number of ether oxygens (including phenoxy) is 1. The van der Waals surface area contributed by atoms with Crippen LogP contribution in [0.4, 0.5) is 0 Å². The maximum Gasteiger partial charge on any atom is 0.228 e. The smallest absolute Gasteiger partial charge is 0.228 e. The van der Waals surface area contributed by atoms with E-state index in [1.807, 2.05) is 13.8 Å². The Kier molecular flexibility index (Phi) is 4.72. The van der Waals surface area contributed by atoms with Crippen molar-refractivity contribution in [2.24, 2.45) is 11.7 Å². The molecular formula is C13H23N3O2. The van der Waals surface area contributed by atoms with Crippen LogP contribution >= 0.6 is 0 Å². The molecule has 2 unspecified atom stereocenters. The van der Waals surface area contributed by atoms with Crippen molar-refractivity contribution in [2.75, 3.05) is 6.61 Å². The van der Waals surface area contributed by atoms with Gasteiger partial charge in [-0.15, -0.1) is 0 Å². The summed E-state index contributed by atoms with van der Waals surface area (Å²) in [7, 11) is 0. The minimum atomic E-state index is -0.116. The largest absolute Gasteiger partial charge is 0.371 e. The average molecular weight is 253 g/mol. The predicted octanol–water partition coefficient (Wildman–Crippen LogP) is 2.23. The third-order valence-electron chi connectivity index (χ3n) is 3.68. The van der Waals surface area contributed by atoms with E-state index in [1.54, 1.807) is 0 Å². The van der Waals surface area contributed by atoms with Gasteiger partial charge in [-0.05, 0) is 32.6 Å². The van der Waals surface area contributed by atoms with Gasteiger partial charge in [-0.1, -0.05) is 18.0 Å². The number of hydrogen-bond acceptors (Lipinski definition) is 5. The molecule has 2 rings (SSSR count). The van der Waals surface area contributed by atoms with Crippen LogP contribution in [-0.4, -0.2) is 22.8 Å². The fourth-order valence-electron chi connectivity index (χ4n) is 2.59. The number of aromatic nitrogens is 2. The van der Waals surface area contributed by atoms with E-state index < -0.39 is 0 Å². The van der Waals surface area contributed by atoms with E-state index in [1.165, 1.54) is 25.7 Å². The molecule has 102 valence electrons. The van der Waals surface area contributed by atoms with E-state index in [0.29, 0.717) is 30.7 Å². The van der Waals surface area contributed by atoms with Crippen molar-refractivity contribution < 1.29 is 9.26 Å². The lowest BCUT2D eigenvalue weighted by molar-refractivity contribution is 0.0683. The minimum Gasteiger partial charge on any atom is -0.371 e. The van der Waals surface area contributed by atoms with Crippen LogP contribution in [0.2, 0.25) is 0 Å². The number of nitrogens with zero attached hydrogens (tertiary/aromatic N) is 2. The van der Waals surface area contributed by atoms with E-state index in [4.69, 9.17) is 15.0 Å². The highest BCUT2D eigenvalue weighted by Crippen LogP contribution is 2.28. The average Bonchev–Trinajstić information content (AvgIpc) is 2.99. The first kappa shape index (κ1) is 13.5. The molecule has 0 aromatic carbocycles. The molecule has 0 spiro atoms. The zero-order valence-corrected chi connectivity index (χ0v) is 11.3. The summed E-state index contributed by atoms with van der Waals surface area (Å²) >= 11 is 0. The minimum absolute atomic E-state index is 0.116. The maximum absolute atomic E-state index is 6.20. The molecule has 0 amide bonds. The van der Waals surface area contributed by atoms with Gasteiger partial charge in [-0.2, -0.15) is 4.98 Å². The predicted molar refractivity (Wildman–Crippen MR) is 68.0 cm³/mol. The second kappa shape index (κ2) is 6.29. The van der Waals surface area contributed by atoms with Gasteiger partial charge in [0.2, 0.25) is 5.89 Å². The van der Waals surface area contributed by atoms with Gasteiger partial charge in [0.1, 0.15) is 6.10 Å². The van der Waals surface area contributed by atoms with Gasteiger partial charge in [0, 0.05) is 19.1 Å². The van der Waals surface area contributed by atoms with E-state index in [2.05, 4.69) is 10.1 Å².